The molecule has 0 spiro atoms. The number of esters is 1. The molecule has 24 heteroatoms. The lowest BCUT2D eigenvalue weighted by atomic mass is 9.97. The maximum absolute atomic E-state index is 14.4. The van der Waals surface area contributed by atoms with Crippen LogP contribution in [0.3, 0.4) is 0 Å². The Bertz CT molecular complexity index is 2470. The van der Waals surface area contributed by atoms with Crippen LogP contribution in [-0.2, 0) is 28.5 Å². The van der Waals surface area contributed by atoms with Gasteiger partial charge in [0.1, 0.15) is 95.9 Å². The van der Waals surface area contributed by atoms with Crippen molar-refractivity contribution >= 4 is 23.0 Å². The number of phenolic OH excluding ortho intramolecular Hbond substituents is 3. The van der Waals surface area contributed by atoms with Crippen molar-refractivity contribution in [2.24, 2.45) is 0 Å². The minimum absolute atomic E-state index is 0.0444. The number of aromatic hydroxyl groups is 3. The summed E-state index contributed by atoms with van der Waals surface area (Å²) in [6.45, 7) is -0.263. The van der Waals surface area contributed by atoms with Gasteiger partial charge in [-0.05, 0) is 55.0 Å². The van der Waals surface area contributed by atoms with Gasteiger partial charge in [0.15, 0.2) is 29.7 Å². The number of carbonyl (C=O) groups excluding carboxylic acids is 1. The zero-order valence-electron chi connectivity index (χ0n) is 36.1. The Morgan fingerprint density at radius 2 is 1.32 bits per heavy atom. The maximum atomic E-state index is 14.4. The maximum Gasteiger partial charge on any atom is 0.330 e. The summed E-state index contributed by atoms with van der Waals surface area (Å²) in [5, 5.41) is 127. The Morgan fingerprint density at radius 3 is 1.97 bits per heavy atom. The van der Waals surface area contributed by atoms with E-state index in [9.17, 15) is 70.9 Å². The van der Waals surface area contributed by atoms with Gasteiger partial charge >= 0.3 is 5.97 Å². The molecule has 7 rings (SSSR count). The number of hydrogen-bond acceptors (Lipinski definition) is 24. The van der Waals surface area contributed by atoms with E-state index in [0.29, 0.717) is 5.56 Å². The normalized spacial score (nSPS) is 31.9. The van der Waals surface area contributed by atoms with Crippen molar-refractivity contribution in [3.05, 3.63) is 70.4 Å². The van der Waals surface area contributed by atoms with Crippen molar-refractivity contribution in [2.75, 3.05) is 27.4 Å². The molecular weight excluding hydrogens is 912 g/mol. The highest BCUT2D eigenvalue weighted by Gasteiger charge is 2.52. The molecule has 3 aromatic carbocycles. The molecule has 3 saturated heterocycles. The van der Waals surface area contributed by atoms with E-state index in [1.165, 1.54) is 63.6 Å². The number of carbonyl (C=O) groups is 1. The van der Waals surface area contributed by atoms with Gasteiger partial charge in [0, 0.05) is 23.8 Å². The number of ether oxygens (including phenoxy) is 9. The smallest absolute Gasteiger partial charge is 0.330 e. The van der Waals surface area contributed by atoms with Crippen LogP contribution >= 0.6 is 0 Å². The molecular formula is C44H50O24. The second kappa shape index (κ2) is 20.8. The van der Waals surface area contributed by atoms with Crippen LogP contribution in [0.15, 0.2) is 63.8 Å². The third-order valence-corrected chi connectivity index (χ3v) is 11.4. The lowest BCUT2D eigenvalue weighted by Crippen LogP contribution is -2.65. The second-order valence-electron chi connectivity index (χ2n) is 15.9. The minimum Gasteiger partial charge on any atom is -0.508 e. The quantitative estimate of drug-likeness (QED) is 0.0483. The molecule has 0 unspecified atom stereocenters. The highest BCUT2D eigenvalue weighted by molar-refractivity contribution is 5.89. The van der Waals surface area contributed by atoms with E-state index in [1.54, 1.807) is 0 Å². The van der Waals surface area contributed by atoms with E-state index >= 15 is 0 Å². The molecule has 3 aliphatic heterocycles. The number of fused-ring (bicyclic) bond motifs is 1. The van der Waals surface area contributed by atoms with Gasteiger partial charge in [-0.25, -0.2) is 4.79 Å². The molecule has 15 atom stereocenters. The fraction of sp³-hybridized carbons (Fsp3) is 0.455. The molecule has 370 valence electrons. The molecule has 0 aliphatic carbocycles. The topological polar surface area (TPSA) is 373 Å². The van der Waals surface area contributed by atoms with Crippen LogP contribution in [0.25, 0.3) is 28.4 Å². The Labute approximate surface area is 384 Å². The summed E-state index contributed by atoms with van der Waals surface area (Å²) in [5.74, 6) is -3.54. The van der Waals surface area contributed by atoms with Gasteiger partial charge < -0.3 is 108 Å². The summed E-state index contributed by atoms with van der Waals surface area (Å²) in [6, 6.07) is 9.94. The predicted octanol–water partition coefficient (Wildman–Crippen LogP) is -1.93. The number of aliphatic hydroxyl groups excluding tert-OH is 9. The third-order valence-electron chi connectivity index (χ3n) is 11.4. The first-order valence-corrected chi connectivity index (χ1v) is 20.8. The molecule has 12 N–H and O–H groups in total. The zero-order chi connectivity index (χ0) is 49.3. The largest absolute Gasteiger partial charge is 0.508 e. The fourth-order valence-corrected chi connectivity index (χ4v) is 7.60. The molecule has 4 heterocycles. The van der Waals surface area contributed by atoms with Crippen LogP contribution in [0.1, 0.15) is 12.5 Å². The molecule has 4 aromatic rings. The van der Waals surface area contributed by atoms with Gasteiger partial charge in [0.05, 0.1) is 26.9 Å². The highest BCUT2D eigenvalue weighted by Crippen LogP contribution is 2.40. The fourth-order valence-electron chi connectivity index (χ4n) is 7.60. The number of benzene rings is 3. The average Bonchev–Trinajstić information content (AvgIpc) is 3.32. The van der Waals surface area contributed by atoms with Crippen molar-refractivity contribution in [3.8, 4) is 51.6 Å². The summed E-state index contributed by atoms with van der Waals surface area (Å²) in [6.07, 6.45) is -24.5. The Balaban J connectivity index is 1.17. The molecule has 68 heavy (non-hydrogen) atoms. The third kappa shape index (κ3) is 10.1. The first kappa shape index (κ1) is 50.0. The molecule has 0 saturated carbocycles. The Kier molecular flexibility index (Phi) is 15.3. The zero-order valence-corrected chi connectivity index (χ0v) is 36.1. The van der Waals surface area contributed by atoms with E-state index in [0.717, 1.165) is 18.2 Å². The predicted molar refractivity (Wildman–Crippen MR) is 225 cm³/mol. The lowest BCUT2D eigenvalue weighted by Gasteiger charge is -2.45. The van der Waals surface area contributed by atoms with Crippen LogP contribution in [0.2, 0.25) is 0 Å². The standard InChI is InChI=1S/C44H50O24/c1-16-29(49)34(54)37(57)42(62-16)63-20-12-21(47)28-22(13-20)64-39(18-5-7-19(46)8-6-18)40(33(28)53)67-44-41(36(56)31(51)25(14-45)65-44)68-43-38(58)35(55)32(52)26(66-43)15-61-27(48)9-4-17-10-23(59-2)30(50)24(11-17)60-3/h4-13,16,25-26,29,31-32,34-38,41-47,49-52,54-58H,14-15H2,1-3H3/b9-4+/t16-,25+,26-,29+,31+,32-,34-,35-,36+,37-,38-,41+,42+,43+,44+/m1/s1. The van der Waals surface area contributed by atoms with Gasteiger partial charge in [0.2, 0.25) is 29.5 Å². The van der Waals surface area contributed by atoms with Gasteiger partial charge in [-0.1, -0.05) is 0 Å². The van der Waals surface area contributed by atoms with Crippen LogP contribution in [0.5, 0.6) is 40.2 Å². The summed E-state index contributed by atoms with van der Waals surface area (Å²) in [7, 11) is 2.61. The summed E-state index contributed by atoms with van der Waals surface area (Å²) < 4.78 is 56.1. The van der Waals surface area contributed by atoms with Crippen LogP contribution in [0, 0.1) is 0 Å². The number of hydrogen-bond donors (Lipinski definition) is 12. The molecule has 0 bridgehead atoms. The molecule has 24 nitrogen and oxygen atoms in total. The molecule has 0 radical (unpaired) electrons. The minimum atomic E-state index is -2.10. The first-order chi connectivity index (χ1) is 32.3. The SMILES string of the molecule is COc1cc(/C=C/C(=O)OC[C@H]2O[C@@H](O[C@@H]3[C@H](Oc4c(-c5ccc(O)cc5)oc5cc(O[C@@H]6O[C@H](C)[C@H](O)[C@@H](O)[C@H]6O)cc(O)c5c4=O)O[C@@H](CO)[C@H](O)[C@@H]3O)[C@H](O)[C@H](O)[C@@H]2O)cc(OC)c1O. The van der Waals surface area contributed by atoms with Gasteiger partial charge in [-0.15, -0.1) is 0 Å². The number of phenols is 3. The average molecular weight is 963 g/mol. The summed E-state index contributed by atoms with van der Waals surface area (Å²) >= 11 is 0. The van der Waals surface area contributed by atoms with E-state index in [2.05, 4.69) is 0 Å². The van der Waals surface area contributed by atoms with Crippen molar-refractivity contribution in [2.45, 2.75) is 99.0 Å². The monoisotopic (exact) mass is 962 g/mol. The van der Waals surface area contributed by atoms with Crippen molar-refractivity contribution < 1.29 is 113 Å². The van der Waals surface area contributed by atoms with Gasteiger partial charge in [-0.3, -0.25) is 4.79 Å². The summed E-state index contributed by atoms with van der Waals surface area (Å²) in [5.41, 5.74) is -1.04. The molecule has 3 fully saturated rings. The van der Waals surface area contributed by atoms with E-state index in [4.69, 9.17) is 47.0 Å². The first-order valence-electron chi connectivity index (χ1n) is 20.8. The number of methoxy groups -OCH3 is 2. The Morgan fingerprint density at radius 1 is 0.706 bits per heavy atom. The summed E-state index contributed by atoms with van der Waals surface area (Å²) in [4.78, 5) is 27.2. The van der Waals surface area contributed by atoms with Crippen molar-refractivity contribution in [3.63, 3.8) is 0 Å². The highest BCUT2D eigenvalue weighted by atomic mass is 16.8. The van der Waals surface area contributed by atoms with Crippen molar-refractivity contribution in [1.82, 2.24) is 0 Å². The second-order valence-corrected chi connectivity index (χ2v) is 15.9. The lowest BCUT2D eigenvalue weighted by molar-refractivity contribution is -0.358. The van der Waals surface area contributed by atoms with Gasteiger partial charge in [-0.2, -0.15) is 0 Å². The van der Waals surface area contributed by atoms with Crippen LogP contribution < -0.4 is 24.4 Å². The van der Waals surface area contributed by atoms with Gasteiger partial charge in [0.25, 0.3) is 0 Å². The molecule has 1 aromatic heterocycles. The molecule has 0 amide bonds. The van der Waals surface area contributed by atoms with Crippen molar-refractivity contribution in [1.29, 1.82) is 0 Å². The Hall–Kier alpha value is -5.84. The van der Waals surface area contributed by atoms with E-state index in [1.807, 2.05) is 0 Å². The molecule has 3 aliphatic rings. The van der Waals surface area contributed by atoms with E-state index < -0.39 is 139 Å². The number of rotatable bonds is 14. The van der Waals surface area contributed by atoms with Crippen LogP contribution in [-0.4, -0.2) is 187 Å². The number of aliphatic hydroxyl groups is 9. The van der Waals surface area contributed by atoms with E-state index in [-0.39, 0.29) is 39.9 Å². The van der Waals surface area contributed by atoms with Crippen LogP contribution in [0.4, 0.5) is 0 Å².